The van der Waals surface area contributed by atoms with E-state index in [1.807, 2.05) is 12.1 Å². The molecule has 7 heteroatoms. The van der Waals surface area contributed by atoms with Crippen LogP contribution in [-0.4, -0.2) is 20.3 Å². The Kier molecular flexibility index (Phi) is 8.00. The van der Waals surface area contributed by atoms with Gasteiger partial charge in [0.2, 0.25) is 0 Å². The van der Waals surface area contributed by atoms with Gasteiger partial charge in [-0.2, -0.15) is 0 Å². The van der Waals surface area contributed by atoms with Gasteiger partial charge < -0.3 is 18.6 Å². The van der Waals surface area contributed by atoms with Gasteiger partial charge in [0.1, 0.15) is 5.75 Å². The van der Waals surface area contributed by atoms with Gasteiger partial charge in [0.15, 0.2) is 5.75 Å². The van der Waals surface area contributed by atoms with Gasteiger partial charge in [0.05, 0.1) is 13.7 Å². The molecule has 1 N–H and O–H groups in total. The molecule has 0 radical (unpaired) electrons. The molecule has 0 fully saturated rings. The largest absolute Gasteiger partial charge is 0.540 e. The Hall–Kier alpha value is -0.813. The van der Waals surface area contributed by atoms with Crippen LogP contribution in [0.15, 0.2) is 18.2 Å². The molecule has 1 aromatic carbocycles. The zero-order valence-electron chi connectivity index (χ0n) is 15.8. The van der Waals surface area contributed by atoms with Crippen LogP contribution in [0, 0.1) is 0 Å². The number of hydrogen-bond donors (Lipinski definition) is 1. The van der Waals surface area contributed by atoms with Gasteiger partial charge in [-0.3, -0.25) is 4.57 Å². The van der Waals surface area contributed by atoms with Gasteiger partial charge in [-0.15, -0.1) is 0 Å². The first-order valence-corrected chi connectivity index (χ1v) is 11.8. The Labute approximate surface area is 147 Å². The van der Waals surface area contributed by atoms with Crippen LogP contribution in [0.2, 0.25) is 16.6 Å². The zero-order valence-corrected chi connectivity index (χ0v) is 17.8. The number of methoxy groups -OCH3 is 1. The minimum absolute atomic E-state index is 0.0754. The molecule has 1 atom stereocenters. The van der Waals surface area contributed by atoms with E-state index >= 15 is 0 Å². The van der Waals surface area contributed by atoms with Crippen LogP contribution in [0.25, 0.3) is 0 Å². The molecule has 5 nitrogen and oxygen atoms in total. The molecule has 1 unspecified atom stereocenters. The molecule has 24 heavy (non-hydrogen) atoms. The van der Waals surface area contributed by atoms with Crippen molar-refractivity contribution in [2.45, 2.75) is 64.8 Å². The summed E-state index contributed by atoms with van der Waals surface area (Å²) in [6, 6.07) is 5.53. The summed E-state index contributed by atoms with van der Waals surface area (Å²) in [4.78, 5) is 8.80. The summed E-state index contributed by atoms with van der Waals surface area (Å²) in [5, 5.41) is 0. The highest BCUT2D eigenvalue weighted by molar-refractivity contribution is 7.32. The van der Waals surface area contributed by atoms with Crippen molar-refractivity contribution >= 4 is 16.6 Å². The van der Waals surface area contributed by atoms with Crippen LogP contribution in [0.1, 0.15) is 47.1 Å². The highest BCUT2D eigenvalue weighted by Gasteiger charge is 2.47. The first-order chi connectivity index (χ1) is 11.1. The third kappa shape index (κ3) is 4.85. The van der Waals surface area contributed by atoms with Crippen molar-refractivity contribution in [2.75, 3.05) is 7.11 Å². The summed E-state index contributed by atoms with van der Waals surface area (Å²) in [5.74, 6) is 1.37. The van der Waals surface area contributed by atoms with Crippen molar-refractivity contribution in [3.63, 3.8) is 0 Å². The normalized spacial score (nSPS) is 13.6. The lowest BCUT2D eigenvalue weighted by Crippen LogP contribution is -2.50. The highest BCUT2D eigenvalue weighted by atomic mass is 31.1. The van der Waals surface area contributed by atoms with E-state index in [9.17, 15) is 4.57 Å². The van der Waals surface area contributed by atoms with E-state index in [-0.39, 0.29) is 6.61 Å². The monoisotopic (exact) mass is 374 g/mol. The van der Waals surface area contributed by atoms with Gasteiger partial charge in [-0.05, 0) is 34.3 Å². The Morgan fingerprint density at radius 3 is 2.00 bits per heavy atom. The molecule has 0 aliphatic carbocycles. The molecule has 0 aromatic heterocycles. The molecular formula is C17H31O5PSi. The number of benzene rings is 1. The standard InChI is InChI=1S/C17H31O5PSi/c1-12(2)24(13(3)4,14(5)6)22-16-9-8-15(10-17(16)20-7)11-21-23(18)19/h8-10,12-14,23H,11H2,1-7H3,(H,18,19). The molecule has 0 amide bonds. The fraction of sp³-hybridized carbons (Fsp3) is 0.647. The lowest BCUT2D eigenvalue weighted by Gasteiger charge is -2.42. The quantitative estimate of drug-likeness (QED) is 0.478. The maximum Gasteiger partial charge on any atom is 0.316 e. The van der Waals surface area contributed by atoms with E-state index in [1.54, 1.807) is 13.2 Å². The molecule has 0 bridgehead atoms. The van der Waals surface area contributed by atoms with Crippen LogP contribution < -0.4 is 9.16 Å². The number of ether oxygens (including phenoxy) is 1. The summed E-state index contributed by atoms with van der Waals surface area (Å²) in [6.07, 6.45) is 0. The molecular weight excluding hydrogens is 343 g/mol. The lowest BCUT2D eigenvalue weighted by atomic mass is 10.2. The summed E-state index contributed by atoms with van der Waals surface area (Å²) < 4.78 is 27.7. The predicted octanol–water partition coefficient (Wildman–Crippen LogP) is 5.15. The summed E-state index contributed by atoms with van der Waals surface area (Å²) >= 11 is 0. The van der Waals surface area contributed by atoms with E-state index in [0.717, 1.165) is 11.3 Å². The average molecular weight is 374 g/mol. The van der Waals surface area contributed by atoms with Gasteiger partial charge in [0.25, 0.3) is 8.32 Å². The fourth-order valence-electron chi connectivity index (χ4n) is 3.58. The first-order valence-electron chi connectivity index (χ1n) is 8.36. The molecule has 0 spiro atoms. The van der Waals surface area contributed by atoms with Crippen LogP contribution >= 0.6 is 8.25 Å². The van der Waals surface area contributed by atoms with Crippen molar-refractivity contribution < 1.29 is 23.1 Å². The van der Waals surface area contributed by atoms with E-state index < -0.39 is 16.6 Å². The fourth-order valence-corrected chi connectivity index (χ4v) is 9.12. The molecule has 0 saturated carbocycles. The topological polar surface area (TPSA) is 65.0 Å². The van der Waals surface area contributed by atoms with Crippen LogP contribution in [0.5, 0.6) is 11.5 Å². The lowest BCUT2D eigenvalue weighted by molar-refractivity contribution is 0.271. The van der Waals surface area contributed by atoms with E-state index in [1.165, 1.54) is 0 Å². The second-order valence-corrected chi connectivity index (χ2v) is 13.2. The Morgan fingerprint density at radius 2 is 1.58 bits per heavy atom. The molecule has 138 valence electrons. The molecule has 1 rings (SSSR count). The van der Waals surface area contributed by atoms with Crippen LogP contribution in [-0.2, 0) is 15.7 Å². The summed E-state index contributed by atoms with van der Waals surface area (Å²) in [7, 11) is -3.40. The van der Waals surface area contributed by atoms with Gasteiger partial charge in [-0.1, -0.05) is 47.6 Å². The van der Waals surface area contributed by atoms with E-state index in [2.05, 4.69) is 41.5 Å². The highest BCUT2D eigenvalue weighted by Crippen LogP contribution is 2.44. The van der Waals surface area contributed by atoms with Crippen molar-refractivity contribution in [1.82, 2.24) is 0 Å². The zero-order chi connectivity index (χ0) is 18.5. The molecule has 0 aliphatic rings. The minimum Gasteiger partial charge on any atom is -0.540 e. The maximum atomic E-state index is 10.7. The summed E-state index contributed by atoms with van der Waals surface area (Å²) in [5.41, 5.74) is 2.16. The number of rotatable bonds is 9. The maximum absolute atomic E-state index is 10.7. The van der Waals surface area contributed by atoms with Crippen molar-refractivity contribution in [3.05, 3.63) is 23.8 Å². The Morgan fingerprint density at radius 1 is 1.04 bits per heavy atom. The van der Waals surface area contributed by atoms with Crippen molar-refractivity contribution in [2.24, 2.45) is 0 Å². The molecule has 0 heterocycles. The second-order valence-electron chi connectivity index (χ2n) is 6.96. The smallest absolute Gasteiger partial charge is 0.316 e. The first kappa shape index (κ1) is 21.2. The Bertz CT molecular complexity index is 538. The third-order valence-corrected chi connectivity index (χ3v) is 11.0. The van der Waals surface area contributed by atoms with Gasteiger partial charge in [0, 0.05) is 0 Å². The van der Waals surface area contributed by atoms with Crippen molar-refractivity contribution in [3.8, 4) is 11.5 Å². The van der Waals surface area contributed by atoms with Gasteiger partial charge >= 0.3 is 8.25 Å². The van der Waals surface area contributed by atoms with E-state index in [4.69, 9.17) is 18.6 Å². The third-order valence-electron chi connectivity index (χ3n) is 4.58. The molecule has 1 aromatic rings. The minimum atomic E-state index is -2.94. The predicted molar refractivity (Wildman–Crippen MR) is 101 cm³/mol. The second kappa shape index (κ2) is 9.04. The molecule has 0 saturated heterocycles. The van der Waals surface area contributed by atoms with Crippen LogP contribution in [0.3, 0.4) is 0 Å². The summed E-state index contributed by atoms with van der Waals surface area (Å²) in [6.45, 7) is 13.5. The van der Waals surface area contributed by atoms with Crippen LogP contribution in [0.4, 0.5) is 0 Å². The Balaban J connectivity index is 3.18. The SMILES string of the molecule is COc1cc(CO[PH](=O)O)ccc1O[Si](C(C)C)(C(C)C)C(C)C. The average Bonchev–Trinajstić information content (AvgIpc) is 2.49. The van der Waals surface area contributed by atoms with Gasteiger partial charge in [-0.25, -0.2) is 0 Å². The van der Waals surface area contributed by atoms with E-state index in [0.29, 0.717) is 22.4 Å². The number of hydrogen-bond acceptors (Lipinski definition) is 4. The van der Waals surface area contributed by atoms with Crippen molar-refractivity contribution in [1.29, 1.82) is 0 Å². The molecule has 0 aliphatic heterocycles.